The summed E-state index contributed by atoms with van der Waals surface area (Å²) >= 11 is 0. The van der Waals surface area contributed by atoms with Crippen molar-refractivity contribution in [2.75, 3.05) is 18.6 Å². The van der Waals surface area contributed by atoms with Crippen LogP contribution in [0.15, 0.2) is 18.2 Å². The van der Waals surface area contributed by atoms with Crippen molar-refractivity contribution in [1.82, 2.24) is 0 Å². The van der Waals surface area contributed by atoms with Gasteiger partial charge in [0.05, 0.1) is 24.9 Å². The van der Waals surface area contributed by atoms with E-state index in [1.807, 2.05) is 0 Å². The third kappa shape index (κ3) is 2.33. The highest BCUT2D eigenvalue weighted by molar-refractivity contribution is 6.52. The predicted molar refractivity (Wildman–Crippen MR) is 76.6 cm³/mol. The molecule has 1 amide bonds. The van der Waals surface area contributed by atoms with Gasteiger partial charge in [0.2, 0.25) is 0 Å². The fraction of sp³-hybridized carbons (Fsp3) is 0.438. The summed E-state index contributed by atoms with van der Waals surface area (Å²) in [6, 6.07) is 4.91. The Morgan fingerprint density at radius 2 is 2.00 bits per heavy atom. The number of Topliss-reactive ketones (excluding diaryl/α,β-unsaturated/α-hetero) is 2. The quantitative estimate of drug-likeness (QED) is 0.794. The molecule has 1 aromatic carbocycles. The normalized spacial score (nSPS) is 18.2. The molecule has 1 fully saturated rings. The van der Waals surface area contributed by atoms with Gasteiger partial charge >= 0.3 is 0 Å². The molecule has 0 unspecified atom stereocenters. The van der Waals surface area contributed by atoms with Crippen molar-refractivity contribution >= 4 is 23.2 Å². The molecular formula is C16H17NO4. The van der Waals surface area contributed by atoms with Crippen LogP contribution in [0.25, 0.3) is 0 Å². The first-order valence-electron chi connectivity index (χ1n) is 7.18. The number of amides is 1. The third-order valence-corrected chi connectivity index (χ3v) is 4.30. The van der Waals surface area contributed by atoms with Crippen LogP contribution in [0.2, 0.25) is 0 Å². The highest BCUT2D eigenvalue weighted by atomic mass is 16.5. The number of carbonyl (C=O) groups excluding carboxylic acids is 3. The lowest BCUT2D eigenvalue weighted by molar-refractivity contribution is -0.123. The Morgan fingerprint density at radius 1 is 1.29 bits per heavy atom. The van der Waals surface area contributed by atoms with E-state index in [1.165, 1.54) is 12.0 Å². The fourth-order valence-corrected chi connectivity index (χ4v) is 3.10. The molecule has 0 saturated heterocycles. The molecule has 3 rings (SSSR count). The molecule has 1 aliphatic heterocycles. The summed E-state index contributed by atoms with van der Waals surface area (Å²) in [6.45, 7) is -0.00539. The summed E-state index contributed by atoms with van der Waals surface area (Å²) in [5.41, 5.74) is 0.829. The second-order valence-electron chi connectivity index (χ2n) is 5.55. The SMILES string of the molecule is COc1ccc2c(c1)C(=O)C(=O)N2CC(=O)C1CCCC1. The van der Waals surface area contributed by atoms with Crippen molar-refractivity contribution in [3.8, 4) is 5.75 Å². The Kier molecular flexibility index (Phi) is 3.49. The molecule has 2 aliphatic rings. The Balaban J connectivity index is 1.85. The van der Waals surface area contributed by atoms with Crippen molar-refractivity contribution in [2.45, 2.75) is 25.7 Å². The smallest absolute Gasteiger partial charge is 0.299 e. The summed E-state index contributed by atoms with van der Waals surface area (Å²) in [5.74, 6) is -0.570. The van der Waals surface area contributed by atoms with E-state index < -0.39 is 11.7 Å². The van der Waals surface area contributed by atoms with E-state index in [0.29, 0.717) is 17.0 Å². The van der Waals surface area contributed by atoms with Gasteiger partial charge in [0, 0.05) is 5.92 Å². The zero-order valence-electron chi connectivity index (χ0n) is 11.9. The van der Waals surface area contributed by atoms with Gasteiger partial charge in [-0.25, -0.2) is 0 Å². The van der Waals surface area contributed by atoms with Gasteiger partial charge in [0.25, 0.3) is 11.7 Å². The molecule has 0 radical (unpaired) electrons. The Morgan fingerprint density at radius 3 is 2.67 bits per heavy atom. The largest absolute Gasteiger partial charge is 0.497 e. The first kappa shape index (κ1) is 13.8. The topological polar surface area (TPSA) is 63.7 Å². The van der Waals surface area contributed by atoms with Gasteiger partial charge in [-0.05, 0) is 31.0 Å². The average molecular weight is 287 g/mol. The number of methoxy groups -OCH3 is 1. The van der Waals surface area contributed by atoms with Crippen LogP contribution in [0.4, 0.5) is 5.69 Å². The Hall–Kier alpha value is -2.17. The van der Waals surface area contributed by atoms with Gasteiger partial charge in [-0.15, -0.1) is 0 Å². The van der Waals surface area contributed by atoms with Gasteiger partial charge in [0.15, 0.2) is 5.78 Å². The second-order valence-corrected chi connectivity index (χ2v) is 5.55. The number of ketones is 2. The van der Waals surface area contributed by atoms with E-state index in [4.69, 9.17) is 4.74 Å². The highest BCUT2D eigenvalue weighted by Crippen LogP contribution is 2.33. The van der Waals surface area contributed by atoms with Crippen LogP contribution in [0.5, 0.6) is 5.75 Å². The maximum Gasteiger partial charge on any atom is 0.299 e. The number of ether oxygens (including phenoxy) is 1. The first-order chi connectivity index (χ1) is 10.1. The number of nitrogens with zero attached hydrogens (tertiary/aromatic N) is 1. The molecule has 21 heavy (non-hydrogen) atoms. The molecule has 1 heterocycles. The summed E-state index contributed by atoms with van der Waals surface area (Å²) in [4.78, 5) is 37.7. The Labute approximate surface area is 122 Å². The van der Waals surface area contributed by atoms with Crippen molar-refractivity contribution in [3.05, 3.63) is 23.8 Å². The zero-order valence-corrected chi connectivity index (χ0v) is 11.9. The molecule has 1 aromatic rings. The molecule has 0 bridgehead atoms. The lowest BCUT2D eigenvalue weighted by Gasteiger charge is -2.18. The zero-order chi connectivity index (χ0) is 15.0. The number of hydrogen-bond donors (Lipinski definition) is 0. The maximum absolute atomic E-state index is 12.3. The molecule has 0 aromatic heterocycles. The molecule has 0 spiro atoms. The lowest BCUT2D eigenvalue weighted by Crippen LogP contribution is -2.36. The molecule has 110 valence electrons. The minimum atomic E-state index is -0.621. The van der Waals surface area contributed by atoms with Crippen molar-refractivity contribution in [2.24, 2.45) is 5.92 Å². The van der Waals surface area contributed by atoms with Crippen LogP contribution < -0.4 is 9.64 Å². The number of hydrogen-bond acceptors (Lipinski definition) is 4. The monoisotopic (exact) mass is 287 g/mol. The van der Waals surface area contributed by atoms with Crippen molar-refractivity contribution in [3.63, 3.8) is 0 Å². The van der Waals surface area contributed by atoms with Crippen LogP contribution >= 0.6 is 0 Å². The van der Waals surface area contributed by atoms with E-state index in [9.17, 15) is 14.4 Å². The van der Waals surface area contributed by atoms with Gasteiger partial charge in [-0.3, -0.25) is 19.3 Å². The van der Waals surface area contributed by atoms with Crippen LogP contribution in [-0.4, -0.2) is 31.1 Å². The van der Waals surface area contributed by atoms with Gasteiger partial charge in [-0.1, -0.05) is 12.8 Å². The average Bonchev–Trinajstić information content (AvgIpc) is 3.11. The molecule has 5 nitrogen and oxygen atoms in total. The molecule has 1 saturated carbocycles. The fourth-order valence-electron chi connectivity index (χ4n) is 3.10. The van der Waals surface area contributed by atoms with Crippen molar-refractivity contribution in [1.29, 1.82) is 0 Å². The first-order valence-corrected chi connectivity index (χ1v) is 7.18. The summed E-state index contributed by atoms with van der Waals surface area (Å²) in [5, 5.41) is 0. The standard InChI is InChI=1S/C16H17NO4/c1-21-11-6-7-13-12(8-11)15(19)16(20)17(13)9-14(18)10-4-2-3-5-10/h6-8,10H,2-5,9H2,1H3. The molecule has 1 aliphatic carbocycles. The van der Waals surface area contributed by atoms with Crippen LogP contribution in [0.1, 0.15) is 36.0 Å². The van der Waals surface area contributed by atoms with Crippen LogP contribution in [0.3, 0.4) is 0 Å². The minimum absolute atomic E-state index is 0.00539. The number of carbonyl (C=O) groups is 3. The number of anilines is 1. The van der Waals surface area contributed by atoms with Gasteiger partial charge in [0.1, 0.15) is 5.75 Å². The number of fused-ring (bicyclic) bond motifs is 1. The summed E-state index contributed by atoms with van der Waals surface area (Å²) < 4.78 is 5.07. The predicted octanol–water partition coefficient (Wildman–Crippen LogP) is 1.98. The van der Waals surface area contributed by atoms with E-state index in [2.05, 4.69) is 0 Å². The highest BCUT2D eigenvalue weighted by Gasteiger charge is 2.38. The Bertz CT molecular complexity index is 617. The maximum atomic E-state index is 12.3. The molecule has 5 heteroatoms. The minimum Gasteiger partial charge on any atom is -0.497 e. The van der Waals surface area contributed by atoms with Crippen molar-refractivity contribution < 1.29 is 19.1 Å². The van der Waals surface area contributed by atoms with Crippen LogP contribution in [-0.2, 0) is 9.59 Å². The number of rotatable bonds is 4. The van der Waals surface area contributed by atoms with E-state index in [-0.39, 0.29) is 18.2 Å². The second kappa shape index (κ2) is 5.31. The van der Waals surface area contributed by atoms with Gasteiger partial charge in [-0.2, -0.15) is 0 Å². The molecule has 0 N–H and O–H groups in total. The summed E-state index contributed by atoms with van der Waals surface area (Å²) in [6.07, 6.45) is 3.92. The summed E-state index contributed by atoms with van der Waals surface area (Å²) in [7, 11) is 1.50. The molecular weight excluding hydrogens is 270 g/mol. The number of benzene rings is 1. The third-order valence-electron chi connectivity index (χ3n) is 4.30. The van der Waals surface area contributed by atoms with Crippen LogP contribution in [0, 0.1) is 5.92 Å². The molecule has 0 atom stereocenters. The van der Waals surface area contributed by atoms with E-state index in [1.54, 1.807) is 18.2 Å². The lowest BCUT2D eigenvalue weighted by atomic mass is 10.0. The van der Waals surface area contributed by atoms with Gasteiger partial charge < -0.3 is 4.74 Å². The van der Waals surface area contributed by atoms with E-state index >= 15 is 0 Å². The van der Waals surface area contributed by atoms with E-state index in [0.717, 1.165) is 25.7 Å².